The van der Waals surface area contributed by atoms with Gasteiger partial charge in [0, 0.05) is 46.9 Å². The number of nitrogens with one attached hydrogen (secondary N) is 3. The van der Waals surface area contributed by atoms with Crippen LogP contribution in [0.4, 0.5) is 5.69 Å². The van der Waals surface area contributed by atoms with Gasteiger partial charge in [-0.15, -0.1) is 0 Å². The predicted octanol–water partition coefficient (Wildman–Crippen LogP) is 6.92. The summed E-state index contributed by atoms with van der Waals surface area (Å²) in [6, 6.07) is 18.4. The van der Waals surface area contributed by atoms with Gasteiger partial charge in [0.05, 0.1) is 16.4 Å². The average Bonchev–Trinajstić information content (AvgIpc) is 3.76. The van der Waals surface area contributed by atoms with Gasteiger partial charge in [-0.25, -0.2) is 9.97 Å². The number of carbonyl (C=O) groups excluding carboxylic acids is 1. The number of para-hydroxylation sites is 1. The first-order valence-corrected chi connectivity index (χ1v) is 13.8. The first-order chi connectivity index (χ1) is 19.7. The molecule has 40 heavy (non-hydrogen) atoms. The number of fused-ring (bicyclic) bond motifs is 2. The monoisotopic (exact) mass is 527 g/mol. The molecule has 0 saturated heterocycles. The van der Waals surface area contributed by atoms with Crippen molar-refractivity contribution in [3.63, 3.8) is 0 Å². The number of anilines is 1. The number of rotatable bonds is 6. The quantitative estimate of drug-likeness (QED) is 0.218. The predicted molar refractivity (Wildman–Crippen MR) is 158 cm³/mol. The van der Waals surface area contributed by atoms with Crippen molar-refractivity contribution in [3.8, 4) is 33.8 Å². The molecule has 8 heteroatoms. The van der Waals surface area contributed by atoms with Crippen LogP contribution in [0.15, 0.2) is 73.2 Å². The number of benzene rings is 2. The van der Waals surface area contributed by atoms with Gasteiger partial charge in [-0.1, -0.05) is 44.0 Å². The molecular formula is C32H29N7O. The van der Waals surface area contributed by atoms with E-state index in [1.54, 1.807) is 6.20 Å². The topological polar surface area (TPSA) is 112 Å². The molecule has 8 nitrogen and oxygen atoms in total. The number of hydrogen-bond acceptors (Lipinski definition) is 5. The molecule has 198 valence electrons. The van der Waals surface area contributed by atoms with Gasteiger partial charge in [-0.05, 0) is 60.7 Å². The van der Waals surface area contributed by atoms with Crippen LogP contribution in [0.2, 0.25) is 0 Å². The second-order valence-corrected chi connectivity index (χ2v) is 10.5. The number of H-pyrrole nitrogens is 2. The van der Waals surface area contributed by atoms with Crippen LogP contribution in [0.25, 0.3) is 55.8 Å². The Hall–Kier alpha value is -4.85. The number of aryl methyl sites for hydroxylation is 1. The molecule has 0 aliphatic heterocycles. The van der Waals surface area contributed by atoms with Gasteiger partial charge in [-0.3, -0.25) is 14.9 Å². The van der Waals surface area contributed by atoms with Gasteiger partial charge in [0.15, 0.2) is 11.5 Å². The maximum atomic E-state index is 12.8. The van der Waals surface area contributed by atoms with E-state index in [1.807, 2.05) is 42.7 Å². The Morgan fingerprint density at radius 1 is 1.00 bits per heavy atom. The Morgan fingerprint density at radius 3 is 2.73 bits per heavy atom. The van der Waals surface area contributed by atoms with Crippen molar-refractivity contribution in [2.24, 2.45) is 5.92 Å². The van der Waals surface area contributed by atoms with Crippen LogP contribution in [0.3, 0.4) is 0 Å². The van der Waals surface area contributed by atoms with E-state index < -0.39 is 0 Å². The first kappa shape index (κ1) is 24.2. The van der Waals surface area contributed by atoms with Gasteiger partial charge in [0.2, 0.25) is 5.91 Å². The highest BCUT2D eigenvalue weighted by Crippen LogP contribution is 2.34. The molecule has 1 saturated carbocycles. The lowest BCUT2D eigenvalue weighted by atomic mass is 10.0. The molecule has 0 bridgehead atoms. The summed E-state index contributed by atoms with van der Waals surface area (Å²) in [7, 11) is 0. The number of carbonyl (C=O) groups is 1. The van der Waals surface area contributed by atoms with Crippen molar-refractivity contribution in [1.82, 2.24) is 30.1 Å². The number of nitrogens with zero attached hydrogens (tertiary/aromatic N) is 4. The third-order valence-electron chi connectivity index (χ3n) is 7.86. The molecule has 0 unspecified atom stereocenters. The lowest BCUT2D eigenvalue weighted by Crippen LogP contribution is -2.20. The van der Waals surface area contributed by atoms with E-state index in [0.717, 1.165) is 87.7 Å². The summed E-state index contributed by atoms with van der Waals surface area (Å²) in [6.45, 7) is 2.12. The van der Waals surface area contributed by atoms with Gasteiger partial charge >= 0.3 is 0 Å². The fraction of sp³-hybridized carbons (Fsp3) is 0.219. The smallest absolute Gasteiger partial charge is 0.227 e. The molecule has 1 fully saturated rings. The molecule has 2 aromatic carbocycles. The fourth-order valence-electron chi connectivity index (χ4n) is 5.71. The van der Waals surface area contributed by atoms with E-state index in [2.05, 4.69) is 61.7 Å². The molecule has 7 rings (SSSR count). The van der Waals surface area contributed by atoms with Crippen molar-refractivity contribution in [2.45, 2.75) is 39.0 Å². The Bertz CT molecular complexity index is 1850. The summed E-state index contributed by atoms with van der Waals surface area (Å²) >= 11 is 0. The number of hydrogen-bond donors (Lipinski definition) is 3. The van der Waals surface area contributed by atoms with Crippen LogP contribution < -0.4 is 5.32 Å². The third-order valence-corrected chi connectivity index (χ3v) is 7.86. The van der Waals surface area contributed by atoms with Gasteiger partial charge in [-0.2, -0.15) is 5.10 Å². The zero-order valence-corrected chi connectivity index (χ0v) is 22.2. The van der Waals surface area contributed by atoms with E-state index in [9.17, 15) is 4.79 Å². The SMILES string of the molecule is CCc1cc(NC(=O)C2CCCC2)cc(-c2cnc3n[nH]c(-c4nc5c(-c6cccnc6)cccc5[nH]4)c3c2)c1. The molecule has 1 aliphatic carbocycles. The van der Waals surface area contributed by atoms with Crippen molar-refractivity contribution >= 4 is 33.7 Å². The number of aromatic nitrogens is 6. The Labute approximate surface area is 231 Å². The molecular weight excluding hydrogens is 498 g/mol. The fourth-order valence-corrected chi connectivity index (χ4v) is 5.71. The number of aromatic amines is 2. The van der Waals surface area contributed by atoms with Gasteiger partial charge < -0.3 is 10.3 Å². The van der Waals surface area contributed by atoms with Crippen molar-refractivity contribution in [2.75, 3.05) is 5.32 Å². The number of pyridine rings is 2. The van der Waals surface area contributed by atoms with Crippen LogP contribution in [-0.2, 0) is 11.2 Å². The van der Waals surface area contributed by atoms with Crippen molar-refractivity contribution in [1.29, 1.82) is 0 Å². The minimum Gasteiger partial charge on any atom is -0.337 e. The standard InChI is InChI=1S/C32H29N7O/c1-2-19-13-22(15-24(14-19)35-32(40)20-7-3-4-8-20)23-16-26-29(38-39-30(26)34-18-23)31-36-27-11-5-10-25(28(27)37-31)21-9-6-12-33-17-21/h5-6,9-18,20H,2-4,7-8H2,1H3,(H,35,40)(H,36,37)(H,34,38,39). The Kier molecular flexibility index (Phi) is 6.07. The minimum atomic E-state index is 0.114. The van der Waals surface area contributed by atoms with Crippen LogP contribution in [-0.4, -0.2) is 36.0 Å². The molecule has 1 aliphatic rings. The van der Waals surface area contributed by atoms with Crippen LogP contribution in [0.5, 0.6) is 0 Å². The number of amides is 1. The molecule has 0 atom stereocenters. The zero-order chi connectivity index (χ0) is 27.1. The Balaban J connectivity index is 1.27. The summed E-state index contributed by atoms with van der Waals surface area (Å²) in [4.78, 5) is 30.2. The summed E-state index contributed by atoms with van der Waals surface area (Å²) in [5.41, 5.74) is 9.17. The van der Waals surface area contributed by atoms with Crippen LogP contribution >= 0.6 is 0 Å². The molecule has 6 aromatic rings. The second-order valence-electron chi connectivity index (χ2n) is 10.5. The summed E-state index contributed by atoms with van der Waals surface area (Å²) in [5.74, 6) is 0.931. The maximum absolute atomic E-state index is 12.8. The van der Waals surface area contributed by atoms with Crippen LogP contribution in [0.1, 0.15) is 38.2 Å². The van der Waals surface area contributed by atoms with E-state index in [-0.39, 0.29) is 11.8 Å². The molecule has 4 aromatic heterocycles. The first-order valence-electron chi connectivity index (χ1n) is 13.8. The summed E-state index contributed by atoms with van der Waals surface area (Å²) in [6.07, 6.45) is 10.5. The van der Waals surface area contributed by atoms with Gasteiger partial charge in [0.1, 0.15) is 5.69 Å². The van der Waals surface area contributed by atoms with E-state index >= 15 is 0 Å². The highest BCUT2D eigenvalue weighted by atomic mass is 16.1. The largest absolute Gasteiger partial charge is 0.337 e. The lowest BCUT2D eigenvalue weighted by Gasteiger charge is -2.13. The highest BCUT2D eigenvalue weighted by Gasteiger charge is 2.23. The summed E-state index contributed by atoms with van der Waals surface area (Å²) in [5, 5.41) is 11.6. The van der Waals surface area contributed by atoms with E-state index in [0.29, 0.717) is 11.5 Å². The van der Waals surface area contributed by atoms with E-state index in [1.165, 1.54) is 0 Å². The van der Waals surface area contributed by atoms with Gasteiger partial charge in [0.25, 0.3) is 0 Å². The number of imidazole rings is 1. The molecule has 4 heterocycles. The Morgan fingerprint density at radius 2 is 1.90 bits per heavy atom. The maximum Gasteiger partial charge on any atom is 0.227 e. The normalized spacial score (nSPS) is 13.8. The third kappa shape index (κ3) is 4.41. The second kappa shape index (κ2) is 10.0. The molecule has 3 N–H and O–H groups in total. The van der Waals surface area contributed by atoms with Crippen molar-refractivity contribution < 1.29 is 4.79 Å². The van der Waals surface area contributed by atoms with E-state index in [4.69, 9.17) is 4.98 Å². The average molecular weight is 528 g/mol. The lowest BCUT2D eigenvalue weighted by molar-refractivity contribution is -0.119. The molecule has 1 amide bonds. The van der Waals surface area contributed by atoms with Crippen molar-refractivity contribution in [3.05, 3.63) is 78.8 Å². The summed E-state index contributed by atoms with van der Waals surface area (Å²) < 4.78 is 0. The molecule has 0 radical (unpaired) electrons. The highest BCUT2D eigenvalue weighted by molar-refractivity contribution is 5.98. The zero-order valence-electron chi connectivity index (χ0n) is 22.2. The minimum absolute atomic E-state index is 0.114. The molecule has 0 spiro atoms. The van der Waals surface area contributed by atoms with Crippen LogP contribution in [0, 0.1) is 5.92 Å².